The lowest BCUT2D eigenvalue weighted by Gasteiger charge is -1.91. The van der Waals surface area contributed by atoms with Gasteiger partial charge in [-0.1, -0.05) is 38.8 Å². The first-order valence-electron chi connectivity index (χ1n) is 3.98. The van der Waals surface area contributed by atoms with Gasteiger partial charge in [0.1, 0.15) is 0 Å². The van der Waals surface area contributed by atoms with E-state index in [0.29, 0.717) is 0 Å². The third kappa shape index (κ3) is 24.6. The van der Waals surface area contributed by atoms with Crippen LogP contribution in [0.5, 0.6) is 0 Å². The molecule has 63 valence electrons. The molecule has 0 rings (SSSR count). The molecule has 1 radical (unpaired) electrons. The van der Waals surface area contributed by atoms with Gasteiger partial charge in [0.25, 0.3) is 0 Å². The first-order chi connectivity index (χ1) is 5.33. The van der Waals surface area contributed by atoms with E-state index >= 15 is 0 Å². The van der Waals surface area contributed by atoms with Gasteiger partial charge in [-0.05, 0) is 12.8 Å². The lowest BCUT2D eigenvalue weighted by molar-refractivity contribution is 0.674. The van der Waals surface area contributed by atoms with Gasteiger partial charge in [0.15, 0.2) is 0 Å². The molecule has 0 aromatic rings. The molecule has 0 amide bonds. The lowest BCUT2D eigenvalue weighted by atomic mass is 10.2. The molecule has 0 aliphatic rings. The third-order valence-corrected chi connectivity index (χ3v) is 1.22. The Labute approximate surface area is 92.7 Å². The van der Waals surface area contributed by atoms with E-state index < -0.39 is 0 Å². The molecule has 0 saturated carbocycles. The van der Waals surface area contributed by atoms with Gasteiger partial charge in [-0.3, -0.25) is 25.8 Å². The smallest absolute Gasteiger partial charge is 0.280 e. The summed E-state index contributed by atoms with van der Waals surface area (Å²) in [5.74, 6) is 0. The number of allylic oxidation sites excluding steroid dienone is 1. The second-order valence-corrected chi connectivity index (χ2v) is 10.3. The SMILES string of the molecule is [Br][Mg][Br].[CH]=CCCCCCC. The average Bonchev–Trinajstić information content (AvgIpc) is 2.00. The fourth-order valence-electron chi connectivity index (χ4n) is 0.689. The molecule has 0 atom stereocenters. The van der Waals surface area contributed by atoms with Crippen molar-refractivity contribution in [2.45, 2.75) is 39.0 Å². The van der Waals surface area contributed by atoms with Gasteiger partial charge in [-0.2, -0.15) is 0 Å². The van der Waals surface area contributed by atoms with Gasteiger partial charge in [0.2, 0.25) is 0 Å². The summed E-state index contributed by atoms with van der Waals surface area (Å²) in [5, 5.41) is 0. The highest BCUT2D eigenvalue weighted by Crippen LogP contribution is 2.01. The molecule has 0 saturated heterocycles. The molecular weight excluding hydrogens is 280 g/mol. The van der Waals surface area contributed by atoms with Gasteiger partial charge >= 0.3 is 16.0 Å². The van der Waals surface area contributed by atoms with Gasteiger partial charge in [-0.25, -0.2) is 0 Å². The van der Waals surface area contributed by atoms with Crippen LogP contribution < -0.4 is 0 Å². The molecule has 0 aliphatic carbocycles. The van der Waals surface area contributed by atoms with Crippen molar-refractivity contribution in [2.24, 2.45) is 0 Å². The van der Waals surface area contributed by atoms with E-state index in [1.54, 1.807) is 6.08 Å². The van der Waals surface area contributed by atoms with E-state index in [2.05, 4.69) is 32.7 Å². The fourth-order valence-corrected chi connectivity index (χ4v) is 0.689. The first-order valence-corrected chi connectivity index (χ1v) is 11.8. The number of unbranched alkanes of at least 4 members (excludes halogenated alkanes) is 4. The van der Waals surface area contributed by atoms with E-state index in [9.17, 15) is 0 Å². The second-order valence-electron chi connectivity index (χ2n) is 2.19. The third-order valence-electron chi connectivity index (χ3n) is 1.22. The second kappa shape index (κ2) is 17.5. The van der Waals surface area contributed by atoms with Crippen LogP contribution in [-0.2, 0) is 0 Å². The van der Waals surface area contributed by atoms with Crippen LogP contribution in [0.4, 0.5) is 0 Å². The number of halogens is 2. The van der Waals surface area contributed by atoms with Crippen molar-refractivity contribution in [1.29, 1.82) is 0 Å². The highest BCUT2D eigenvalue weighted by molar-refractivity contribution is 9.47. The largest absolute Gasteiger partial charge is 0.560 e. The molecule has 0 aliphatic heterocycles. The normalized spacial score (nSPS) is 7.55. The maximum Gasteiger partial charge on any atom is 0.560 e. The van der Waals surface area contributed by atoms with E-state index in [4.69, 9.17) is 6.58 Å². The summed E-state index contributed by atoms with van der Waals surface area (Å²) in [5.41, 5.74) is 0. The van der Waals surface area contributed by atoms with E-state index in [-0.39, 0.29) is 16.0 Å². The molecule has 11 heavy (non-hydrogen) atoms. The Morgan fingerprint density at radius 2 is 1.82 bits per heavy atom. The van der Waals surface area contributed by atoms with Gasteiger partial charge in [0, 0.05) is 0 Å². The Bertz CT molecular complexity index is 67.1. The van der Waals surface area contributed by atoms with Crippen LogP contribution in [-0.4, -0.2) is 16.0 Å². The van der Waals surface area contributed by atoms with Crippen molar-refractivity contribution >= 4 is 41.8 Å². The summed E-state index contributed by atoms with van der Waals surface area (Å²) >= 11 is 6.44. The first kappa shape index (κ1) is 15.0. The topological polar surface area (TPSA) is 0 Å². The molecule has 0 spiro atoms. The Hall–Kier alpha value is 1.47. The highest BCUT2D eigenvalue weighted by atomic mass is 79.9. The minimum absolute atomic E-state index is 0.0417. The standard InChI is InChI=1S/C8H15.2BrH.Mg/c1-3-5-7-8-6-4-2;;;/h1,3H,4-8H2,2H3;2*1H;/q;;;+2/p-2. The van der Waals surface area contributed by atoms with Crippen LogP contribution in [0.3, 0.4) is 0 Å². The quantitative estimate of drug-likeness (QED) is 0.525. The predicted octanol–water partition coefficient (Wildman–Crippen LogP) is 4.26. The molecular formula is C8H15Br2Mg. The van der Waals surface area contributed by atoms with E-state index in [1.807, 2.05) is 0 Å². The van der Waals surface area contributed by atoms with Crippen molar-refractivity contribution in [2.75, 3.05) is 0 Å². The van der Waals surface area contributed by atoms with Crippen LogP contribution >= 0.6 is 25.8 Å². The Kier molecular flexibility index (Phi) is 23.8. The van der Waals surface area contributed by atoms with Crippen molar-refractivity contribution in [3.8, 4) is 0 Å². The van der Waals surface area contributed by atoms with Crippen molar-refractivity contribution in [3.05, 3.63) is 12.7 Å². The molecule has 0 nitrogen and oxygen atoms in total. The minimum Gasteiger partial charge on any atom is -0.280 e. The molecule has 0 heterocycles. The van der Waals surface area contributed by atoms with Crippen molar-refractivity contribution < 1.29 is 0 Å². The Morgan fingerprint density at radius 3 is 2.18 bits per heavy atom. The van der Waals surface area contributed by atoms with Crippen molar-refractivity contribution in [3.63, 3.8) is 0 Å². The molecule has 0 unspecified atom stereocenters. The molecule has 0 fully saturated rings. The Balaban J connectivity index is 0. The molecule has 0 aromatic carbocycles. The lowest BCUT2D eigenvalue weighted by Crippen LogP contribution is -1.71. The number of hydrogen-bond donors (Lipinski definition) is 0. The number of rotatable bonds is 5. The van der Waals surface area contributed by atoms with Crippen LogP contribution in [0.1, 0.15) is 39.0 Å². The number of hydrogen-bond acceptors (Lipinski definition) is 0. The highest BCUT2D eigenvalue weighted by Gasteiger charge is 1.81. The van der Waals surface area contributed by atoms with Gasteiger partial charge < -0.3 is 0 Å². The Morgan fingerprint density at radius 1 is 1.27 bits per heavy atom. The zero-order valence-electron chi connectivity index (χ0n) is 7.15. The maximum absolute atomic E-state index is 5.19. The van der Waals surface area contributed by atoms with Gasteiger partial charge in [-0.15, -0.1) is 0 Å². The summed E-state index contributed by atoms with van der Waals surface area (Å²) < 4.78 is 0. The summed E-state index contributed by atoms with van der Waals surface area (Å²) in [4.78, 5) is 0. The van der Waals surface area contributed by atoms with Crippen LogP contribution in [0, 0.1) is 6.58 Å². The van der Waals surface area contributed by atoms with Gasteiger partial charge in [0.05, 0.1) is 0 Å². The average molecular weight is 295 g/mol. The van der Waals surface area contributed by atoms with E-state index in [1.165, 1.54) is 25.7 Å². The van der Waals surface area contributed by atoms with Crippen LogP contribution in [0.25, 0.3) is 0 Å². The maximum atomic E-state index is 5.19. The summed E-state index contributed by atoms with van der Waals surface area (Å²) in [6.07, 6.45) is 8.10. The molecule has 0 aromatic heterocycles. The summed E-state index contributed by atoms with van der Waals surface area (Å²) in [6.45, 7) is 7.40. The molecule has 0 N–H and O–H groups in total. The minimum atomic E-state index is 0.0417. The van der Waals surface area contributed by atoms with Crippen LogP contribution in [0.15, 0.2) is 6.08 Å². The zero-order chi connectivity index (χ0) is 8.95. The summed E-state index contributed by atoms with van der Waals surface area (Å²) in [7, 11) is 0. The zero-order valence-corrected chi connectivity index (χ0v) is 11.7. The van der Waals surface area contributed by atoms with Crippen molar-refractivity contribution in [1.82, 2.24) is 0 Å². The monoisotopic (exact) mass is 293 g/mol. The van der Waals surface area contributed by atoms with Crippen LogP contribution in [0.2, 0.25) is 0 Å². The molecule has 3 heteroatoms. The molecule has 0 bridgehead atoms. The fraction of sp³-hybridized carbons (Fsp3) is 0.750. The predicted molar refractivity (Wildman–Crippen MR) is 61.2 cm³/mol. The van der Waals surface area contributed by atoms with E-state index in [0.717, 1.165) is 6.42 Å². The summed E-state index contributed by atoms with van der Waals surface area (Å²) in [6, 6.07) is 0.